The Hall–Kier alpha value is -2.01. The first-order valence-electron chi connectivity index (χ1n) is 9.19. The highest BCUT2D eigenvalue weighted by Crippen LogP contribution is 2.40. The molecule has 2 aliphatic rings. The summed E-state index contributed by atoms with van der Waals surface area (Å²) in [5.41, 5.74) is 3.60. The van der Waals surface area contributed by atoms with Crippen LogP contribution in [0, 0.1) is 5.92 Å². The van der Waals surface area contributed by atoms with Gasteiger partial charge >= 0.3 is 6.09 Å². The number of hydrogen-bond donors (Lipinski definition) is 1. The molecule has 4 nitrogen and oxygen atoms in total. The Bertz CT molecular complexity index is 791. The van der Waals surface area contributed by atoms with Crippen LogP contribution >= 0.6 is 15.9 Å². The minimum Gasteiger partial charge on any atom is -0.465 e. The van der Waals surface area contributed by atoms with E-state index in [4.69, 9.17) is 0 Å². The van der Waals surface area contributed by atoms with Gasteiger partial charge in [0.1, 0.15) is 0 Å². The lowest BCUT2D eigenvalue weighted by Crippen LogP contribution is -2.40. The molecule has 0 spiro atoms. The van der Waals surface area contributed by atoms with E-state index in [1.807, 2.05) is 0 Å². The zero-order valence-electron chi connectivity index (χ0n) is 14.8. The summed E-state index contributed by atoms with van der Waals surface area (Å²) in [5, 5.41) is 9.33. The molecule has 4 rings (SSSR count). The smallest absolute Gasteiger partial charge is 0.407 e. The van der Waals surface area contributed by atoms with Gasteiger partial charge in [-0.1, -0.05) is 47.1 Å². The summed E-state index contributed by atoms with van der Waals surface area (Å²) in [6, 6.07) is 17.8. The second-order valence-electron chi connectivity index (χ2n) is 7.27. The molecule has 3 atom stereocenters. The molecule has 2 heterocycles. The van der Waals surface area contributed by atoms with E-state index >= 15 is 0 Å². The quantitative estimate of drug-likeness (QED) is 0.760. The minimum absolute atomic E-state index is 0.301. The minimum atomic E-state index is -0.794. The summed E-state index contributed by atoms with van der Waals surface area (Å²) in [6.07, 6.45) is 1.38. The normalized spacial score (nSPS) is 24.8. The van der Waals surface area contributed by atoms with Crippen molar-refractivity contribution in [1.29, 1.82) is 0 Å². The van der Waals surface area contributed by atoms with Gasteiger partial charge in [0.25, 0.3) is 0 Å². The summed E-state index contributed by atoms with van der Waals surface area (Å²) >= 11 is 3.48. The maximum Gasteiger partial charge on any atom is 0.407 e. The van der Waals surface area contributed by atoms with Crippen LogP contribution in [0.4, 0.5) is 10.5 Å². The van der Waals surface area contributed by atoms with E-state index < -0.39 is 6.09 Å². The average molecular weight is 415 g/mol. The molecule has 1 N–H and O–H groups in total. The summed E-state index contributed by atoms with van der Waals surface area (Å²) < 4.78 is 1.08. The Balaban J connectivity index is 1.59. The number of hydrogen-bond acceptors (Lipinski definition) is 2. The summed E-state index contributed by atoms with van der Waals surface area (Å²) in [7, 11) is 0. The second-order valence-corrected chi connectivity index (χ2v) is 8.19. The van der Waals surface area contributed by atoms with E-state index in [0.29, 0.717) is 31.1 Å². The Morgan fingerprint density at radius 3 is 2.27 bits per heavy atom. The first-order valence-corrected chi connectivity index (χ1v) is 9.98. The van der Waals surface area contributed by atoms with Gasteiger partial charge in [0.05, 0.1) is 6.04 Å². The molecule has 2 saturated heterocycles. The fourth-order valence-electron chi connectivity index (χ4n) is 4.52. The number of benzene rings is 2. The molecule has 2 aromatic rings. The van der Waals surface area contributed by atoms with E-state index in [1.54, 1.807) is 4.90 Å². The fraction of sp³-hybridized carbons (Fsp3) is 0.381. The molecule has 5 heteroatoms. The van der Waals surface area contributed by atoms with Crippen molar-refractivity contribution in [2.24, 2.45) is 5.92 Å². The van der Waals surface area contributed by atoms with Crippen molar-refractivity contribution in [2.45, 2.75) is 31.8 Å². The van der Waals surface area contributed by atoms with E-state index in [0.717, 1.165) is 17.3 Å². The van der Waals surface area contributed by atoms with Crippen LogP contribution in [0.5, 0.6) is 0 Å². The van der Waals surface area contributed by atoms with Crippen LogP contribution < -0.4 is 4.90 Å². The largest absolute Gasteiger partial charge is 0.465 e. The van der Waals surface area contributed by atoms with Gasteiger partial charge in [0.2, 0.25) is 0 Å². The highest BCUT2D eigenvalue weighted by atomic mass is 79.9. The van der Waals surface area contributed by atoms with Crippen molar-refractivity contribution < 1.29 is 9.90 Å². The van der Waals surface area contributed by atoms with Crippen molar-refractivity contribution in [3.05, 3.63) is 53.0 Å². The second kappa shape index (κ2) is 6.95. The molecular formula is C21H23BrN2O2. The first kappa shape index (κ1) is 17.4. The van der Waals surface area contributed by atoms with Gasteiger partial charge in [0.15, 0.2) is 0 Å². The monoisotopic (exact) mass is 414 g/mol. The molecule has 2 fully saturated rings. The van der Waals surface area contributed by atoms with Crippen molar-refractivity contribution in [1.82, 2.24) is 4.90 Å². The van der Waals surface area contributed by atoms with Gasteiger partial charge in [-0.15, -0.1) is 0 Å². The third kappa shape index (κ3) is 3.09. The van der Waals surface area contributed by atoms with Crippen LogP contribution in [0.1, 0.15) is 19.8 Å². The van der Waals surface area contributed by atoms with Gasteiger partial charge in [-0.2, -0.15) is 0 Å². The van der Waals surface area contributed by atoms with Crippen molar-refractivity contribution in [3.63, 3.8) is 0 Å². The Morgan fingerprint density at radius 2 is 1.69 bits per heavy atom. The molecule has 1 amide bonds. The first-order chi connectivity index (χ1) is 12.6. The van der Waals surface area contributed by atoms with Gasteiger partial charge < -0.3 is 14.9 Å². The third-order valence-electron chi connectivity index (χ3n) is 5.82. The van der Waals surface area contributed by atoms with E-state index in [9.17, 15) is 9.90 Å². The summed E-state index contributed by atoms with van der Waals surface area (Å²) in [5.74, 6) is 0.446. The number of rotatable bonds is 3. The molecule has 0 aromatic heterocycles. The summed E-state index contributed by atoms with van der Waals surface area (Å²) in [6.45, 7) is 3.51. The highest BCUT2D eigenvalue weighted by molar-refractivity contribution is 9.10. The molecule has 0 saturated carbocycles. The number of likely N-dealkylation sites (tertiary alicyclic amines) is 1. The average Bonchev–Trinajstić information content (AvgIpc) is 3.20. The van der Waals surface area contributed by atoms with E-state index in [-0.39, 0.29) is 0 Å². The molecule has 26 heavy (non-hydrogen) atoms. The van der Waals surface area contributed by atoms with Crippen LogP contribution in [-0.2, 0) is 0 Å². The molecule has 0 aliphatic carbocycles. The number of nitrogens with zero attached hydrogens (tertiary/aromatic N) is 2. The summed E-state index contributed by atoms with van der Waals surface area (Å²) in [4.78, 5) is 15.4. The maximum absolute atomic E-state index is 11.4. The zero-order chi connectivity index (χ0) is 18.3. The number of fused-ring (bicyclic) bond motifs is 1. The number of carboxylic acid groups (broad SMARTS) is 1. The number of amides is 1. The lowest BCUT2D eigenvalue weighted by Gasteiger charge is -2.32. The maximum atomic E-state index is 11.4. The zero-order valence-corrected chi connectivity index (χ0v) is 16.4. The fourth-order valence-corrected chi connectivity index (χ4v) is 4.79. The molecule has 2 aliphatic heterocycles. The molecule has 136 valence electrons. The van der Waals surface area contributed by atoms with Crippen LogP contribution in [0.3, 0.4) is 0 Å². The molecule has 0 bridgehead atoms. The Labute approximate surface area is 162 Å². The predicted molar refractivity (Wildman–Crippen MR) is 108 cm³/mol. The number of anilines is 1. The molecule has 1 unspecified atom stereocenters. The Kier molecular flexibility index (Phi) is 4.65. The van der Waals surface area contributed by atoms with Crippen molar-refractivity contribution in [2.75, 3.05) is 18.0 Å². The molecular weight excluding hydrogens is 392 g/mol. The lowest BCUT2D eigenvalue weighted by molar-refractivity contribution is 0.152. The number of carbonyl (C=O) groups is 1. The Morgan fingerprint density at radius 1 is 1.08 bits per heavy atom. The lowest BCUT2D eigenvalue weighted by atomic mass is 10.0. The SMILES string of the molecule is CCC1C[C@@H]2CN(C(=O)O)C[C@@H]2N1c1ccc(-c2ccc(Br)cc2)cc1. The molecule has 0 radical (unpaired) electrons. The van der Waals surface area contributed by atoms with Crippen molar-refractivity contribution >= 4 is 27.7 Å². The van der Waals surface area contributed by atoms with Crippen LogP contribution in [0.25, 0.3) is 11.1 Å². The highest BCUT2D eigenvalue weighted by Gasteiger charge is 2.47. The van der Waals surface area contributed by atoms with Gasteiger partial charge in [-0.05, 0) is 48.2 Å². The van der Waals surface area contributed by atoms with Gasteiger partial charge in [-0.3, -0.25) is 0 Å². The van der Waals surface area contributed by atoms with Crippen molar-refractivity contribution in [3.8, 4) is 11.1 Å². The van der Waals surface area contributed by atoms with Crippen LogP contribution in [0.15, 0.2) is 53.0 Å². The van der Waals surface area contributed by atoms with E-state index in [1.165, 1.54) is 16.8 Å². The number of halogens is 1. The van der Waals surface area contributed by atoms with Crippen LogP contribution in [0.2, 0.25) is 0 Å². The van der Waals surface area contributed by atoms with Gasteiger partial charge in [0, 0.05) is 35.2 Å². The predicted octanol–water partition coefficient (Wildman–Crippen LogP) is 5.08. The van der Waals surface area contributed by atoms with Gasteiger partial charge in [-0.25, -0.2) is 4.79 Å². The molecule has 2 aromatic carbocycles. The van der Waals surface area contributed by atoms with Crippen LogP contribution in [-0.4, -0.2) is 41.3 Å². The standard InChI is InChI=1S/C21H23BrN2O2/c1-2-18-11-16-12-23(21(25)26)13-20(16)24(18)19-9-5-15(6-10-19)14-3-7-17(22)8-4-14/h3-10,16,18,20H,2,11-13H2,1H3,(H,25,26)/t16-,18?,20+/m1/s1. The third-order valence-corrected chi connectivity index (χ3v) is 6.35. The van der Waals surface area contributed by atoms with E-state index in [2.05, 4.69) is 76.3 Å². The topological polar surface area (TPSA) is 43.8 Å².